The number of piperazine rings is 1. The van der Waals surface area contributed by atoms with E-state index in [0.29, 0.717) is 6.42 Å². The minimum atomic E-state index is 0.277. The second-order valence-electron chi connectivity index (χ2n) is 4.70. The fraction of sp³-hybridized carbons (Fsp3) is 0.500. The summed E-state index contributed by atoms with van der Waals surface area (Å²) in [6.07, 6.45) is 1.45. The first-order chi connectivity index (χ1) is 8.66. The van der Waals surface area contributed by atoms with Crippen LogP contribution < -0.4 is 5.32 Å². The highest BCUT2D eigenvalue weighted by Gasteiger charge is 2.15. The van der Waals surface area contributed by atoms with Gasteiger partial charge in [0.05, 0.1) is 0 Å². The fourth-order valence-electron chi connectivity index (χ4n) is 2.25. The van der Waals surface area contributed by atoms with Crippen molar-refractivity contribution in [3.63, 3.8) is 0 Å². The van der Waals surface area contributed by atoms with Gasteiger partial charge in [-0.1, -0.05) is 22.0 Å². The van der Waals surface area contributed by atoms with Crippen LogP contribution in [0, 0.1) is 6.92 Å². The van der Waals surface area contributed by atoms with Crippen LogP contribution in [-0.4, -0.2) is 37.0 Å². The molecule has 0 atom stereocenters. The van der Waals surface area contributed by atoms with Crippen LogP contribution in [0.2, 0.25) is 0 Å². The van der Waals surface area contributed by atoms with Gasteiger partial charge in [-0.3, -0.25) is 4.79 Å². The molecule has 0 spiro atoms. The zero-order chi connectivity index (χ0) is 13.0. The Morgan fingerprint density at radius 3 is 2.78 bits per heavy atom. The van der Waals surface area contributed by atoms with Gasteiger partial charge >= 0.3 is 0 Å². The quantitative estimate of drug-likeness (QED) is 0.927. The lowest BCUT2D eigenvalue weighted by atomic mass is 10.0. The number of nitrogens with one attached hydrogen (secondary N) is 1. The number of halogens is 1. The van der Waals surface area contributed by atoms with E-state index in [4.69, 9.17) is 0 Å². The Balaban J connectivity index is 1.88. The maximum Gasteiger partial charge on any atom is 0.222 e. The third kappa shape index (κ3) is 3.56. The van der Waals surface area contributed by atoms with Crippen molar-refractivity contribution < 1.29 is 4.79 Å². The number of hydrogen-bond donors (Lipinski definition) is 1. The highest BCUT2D eigenvalue weighted by Crippen LogP contribution is 2.17. The van der Waals surface area contributed by atoms with E-state index in [0.717, 1.165) is 37.1 Å². The van der Waals surface area contributed by atoms with E-state index in [2.05, 4.69) is 40.3 Å². The first-order valence-corrected chi connectivity index (χ1v) is 7.19. The topological polar surface area (TPSA) is 32.3 Å². The first-order valence-electron chi connectivity index (χ1n) is 6.40. The molecule has 0 saturated carbocycles. The Kier molecular flexibility index (Phi) is 4.78. The summed E-state index contributed by atoms with van der Waals surface area (Å²) in [5, 5.41) is 3.26. The van der Waals surface area contributed by atoms with Gasteiger partial charge in [-0.2, -0.15) is 0 Å². The molecule has 0 radical (unpaired) electrons. The molecule has 1 aromatic rings. The average molecular weight is 311 g/mol. The smallest absolute Gasteiger partial charge is 0.222 e. The summed E-state index contributed by atoms with van der Waals surface area (Å²) in [6.45, 7) is 5.62. The molecular weight excluding hydrogens is 292 g/mol. The molecule has 1 amide bonds. The van der Waals surface area contributed by atoms with E-state index in [-0.39, 0.29) is 5.91 Å². The minimum Gasteiger partial charge on any atom is -0.340 e. The average Bonchev–Trinajstić information content (AvgIpc) is 2.38. The van der Waals surface area contributed by atoms with Gasteiger partial charge in [0.25, 0.3) is 0 Å². The summed E-state index contributed by atoms with van der Waals surface area (Å²) >= 11 is 3.46. The van der Waals surface area contributed by atoms with Gasteiger partial charge in [-0.05, 0) is 36.6 Å². The summed E-state index contributed by atoms with van der Waals surface area (Å²) in [7, 11) is 0. The first kappa shape index (κ1) is 13.6. The predicted molar refractivity (Wildman–Crippen MR) is 76.6 cm³/mol. The molecule has 0 bridgehead atoms. The monoisotopic (exact) mass is 310 g/mol. The number of rotatable bonds is 3. The Hall–Kier alpha value is -0.870. The van der Waals surface area contributed by atoms with Gasteiger partial charge in [0.2, 0.25) is 5.91 Å². The normalized spacial score (nSPS) is 15.8. The molecule has 1 aliphatic heterocycles. The number of carbonyl (C=O) groups excluding carboxylic acids is 1. The van der Waals surface area contributed by atoms with Crippen LogP contribution >= 0.6 is 15.9 Å². The zero-order valence-electron chi connectivity index (χ0n) is 10.7. The van der Waals surface area contributed by atoms with Crippen LogP contribution in [0.15, 0.2) is 22.7 Å². The molecule has 1 heterocycles. The van der Waals surface area contributed by atoms with E-state index >= 15 is 0 Å². The van der Waals surface area contributed by atoms with Crippen molar-refractivity contribution in [1.82, 2.24) is 10.2 Å². The lowest BCUT2D eigenvalue weighted by Crippen LogP contribution is -2.46. The molecule has 3 nitrogen and oxygen atoms in total. The van der Waals surface area contributed by atoms with E-state index in [1.165, 1.54) is 11.1 Å². The Labute approximate surface area is 117 Å². The van der Waals surface area contributed by atoms with Crippen LogP contribution in [0.4, 0.5) is 0 Å². The molecule has 98 valence electrons. The van der Waals surface area contributed by atoms with Crippen LogP contribution in [0.1, 0.15) is 17.5 Å². The number of benzene rings is 1. The number of carbonyl (C=O) groups is 1. The molecule has 0 aromatic heterocycles. The minimum absolute atomic E-state index is 0.277. The third-order valence-electron chi connectivity index (χ3n) is 3.38. The fourth-order valence-corrected chi connectivity index (χ4v) is 2.73. The second kappa shape index (κ2) is 6.34. The molecule has 2 rings (SSSR count). The van der Waals surface area contributed by atoms with Crippen molar-refractivity contribution in [1.29, 1.82) is 0 Å². The molecule has 4 heteroatoms. The summed E-state index contributed by atoms with van der Waals surface area (Å²) in [5.74, 6) is 0.277. The number of hydrogen-bond acceptors (Lipinski definition) is 2. The van der Waals surface area contributed by atoms with Crippen LogP contribution in [0.25, 0.3) is 0 Å². The summed E-state index contributed by atoms with van der Waals surface area (Å²) < 4.78 is 1.09. The van der Waals surface area contributed by atoms with Gasteiger partial charge < -0.3 is 10.2 Å². The van der Waals surface area contributed by atoms with Gasteiger partial charge in [0.15, 0.2) is 0 Å². The van der Waals surface area contributed by atoms with E-state index in [9.17, 15) is 4.79 Å². The Morgan fingerprint density at radius 1 is 1.39 bits per heavy atom. The molecule has 1 aromatic carbocycles. The van der Waals surface area contributed by atoms with E-state index in [1.54, 1.807) is 0 Å². The molecule has 0 unspecified atom stereocenters. The van der Waals surface area contributed by atoms with Gasteiger partial charge in [0, 0.05) is 37.1 Å². The van der Waals surface area contributed by atoms with Gasteiger partial charge in [0.1, 0.15) is 0 Å². The lowest BCUT2D eigenvalue weighted by Gasteiger charge is -2.27. The highest BCUT2D eigenvalue weighted by atomic mass is 79.9. The third-order valence-corrected chi connectivity index (χ3v) is 3.88. The van der Waals surface area contributed by atoms with Crippen LogP contribution in [0.5, 0.6) is 0 Å². The molecular formula is C14H19BrN2O. The van der Waals surface area contributed by atoms with E-state index < -0.39 is 0 Å². The zero-order valence-corrected chi connectivity index (χ0v) is 12.3. The standard InChI is InChI=1S/C14H19BrN2O/c1-11-10-13(15)4-2-12(11)3-5-14(18)17-8-6-16-7-9-17/h2,4,10,16H,3,5-9H2,1H3. The van der Waals surface area contributed by atoms with Crippen molar-refractivity contribution in [3.05, 3.63) is 33.8 Å². The highest BCUT2D eigenvalue weighted by molar-refractivity contribution is 9.10. The largest absolute Gasteiger partial charge is 0.340 e. The van der Waals surface area contributed by atoms with Crippen molar-refractivity contribution in [3.8, 4) is 0 Å². The molecule has 18 heavy (non-hydrogen) atoms. The van der Waals surface area contributed by atoms with Crippen molar-refractivity contribution in [2.45, 2.75) is 19.8 Å². The molecule has 1 aliphatic rings. The van der Waals surface area contributed by atoms with Crippen molar-refractivity contribution in [2.75, 3.05) is 26.2 Å². The molecule has 1 saturated heterocycles. The maximum absolute atomic E-state index is 12.0. The second-order valence-corrected chi connectivity index (χ2v) is 5.62. The van der Waals surface area contributed by atoms with Crippen LogP contribution in [-0.2, 0) is 11.2 Å². The summed E-state index contributed by atoms with van der Waals surface area (Å²) in [5.41, 5.74) is 2.51. The number of amides is 1. The SMILES string of the molecule is Cc1cc(Br)ccc1CCC(=O)N1CCNCC1. The predicted octanol–water partition coefficient (Wildman–Crippen LogP) is 2.12. The van der Waals surface area contributed by atoms with Crippen molar-refractivity contribution >= 4 is 21.8 Å². The van der Waals surface area contributed by atoms with Gasteiger partial charge in [-0.15, -0.1) is 0 Å². The van der Waals surface area contributed by atoms with Crippen LogP contribution in [0.3, 0.4) is 0 Å². The van der Waals surface area contributed by atoms with Gasteiger partial charge in [-0.25, -0.2) is 0 Å². The summed E-state index contributed by atoms with van der Waals surface area (Å²) in [4.78, 5) is 14.0. The maximum atomic E-state index is 12.0. The molecule has 1 fully saturated rings. The lowest BCUT2D eigenvalue weighted by molar-refractivity contribution is -0.131. The van der Waals surface area contributed by atoms with Crippen molar-refractivity contribution in [2.24, 2.45) is 0 Å². The number of nitrogens with zero attached hydrogens (tertiary/aromatic N) is 1. The molecule has 0 aliphatic carbocycles. The van der Waals surface area contributed by atoms with E-state index in [1.807, 2.05) is 11.0 Å². The summed E-state index contributed by atoms with van der Waals surface area (Å²) in [6, 6.07) is 6.24. The molecule has 1 N–H and O–H groups in total. The Bertz CT molecular complexity index is 428. The Morgan fingerprint density at radius 2 is 2.11 bits per heavy atom. The number of aryl methyl sites for hydroxylation is 2.